The van der Waals surface area contributed by atoms with Gasteiger partial charge in [0.25, 0.3) is 0 Å². The Hall–Kier alpha value is -1.82. The first-order valence-corrected chi connectivity index (χ1v) is 5.84. The molecule has 0 radical (unpaired) electrons. The molecule has 1 fully saturated rings. The molecule has 1 heterocycles. The van der Waals surface area contributed by atoms with E-state index in [1.165, 1.54) is 12.3 Å². The Kier molecular flexibility index (Phi) is 3.66. The normalized spacial score (nSPS) is 14.8. The van der Waals surface area contributed by atoms with E-state index in [1.807, 2.05) is 0 Å². The molecule has 0 atom stereocenters. The number of rotatable bonds is 6. The van der Waals surface area contributed by atoms with E-state index in [9.17, 15) is 9.59 Å². The van der Waals surface area contributed by atoms with E-state index in [0.717, 1.165) is 12.8 Å². The summed E-state index contributed by atoms with van der Waals surface area (Å²) in [5, 5.41) is 11.8. The number of carboxylic acid groups (broad SMARTS) is 1. The van der Waals surface area contributed by atoms with Crippen molar-refractivity contribution in [3.05, 3.63) is 23.7 Å². The van der Waals surface area contributed by atoms with E-state index in [-0.39, 0.29) is 18.0 Å². The summed E-state index contributed by atoms with van der Waals surface area (Å²) in [6.07, 6.45) is 3.45. The molecule has 1 saturated carbocycles. The average molecular weight is 252 g/mol. The van der Waals surface area contributed by atoms with Crippen LogP contribution in [0.5, 0.6) is 0 Å². The van der Waals surface area contributed by atoms with Crippen LogP contribution in [0.15, 0.2) is 16.7 Å². The number of amides is 1. The first-order chi connectivity index (χ1) is 8.56. The number of furan rings is 1. The van der Waals surface area contributed by atoms with Gasteiger partial charge in [0.05, 0.1) is 19.4 Å². The highest BCUT2D eigenvalue weighted by Gasteiger charge is 2.24. The number of likely N-dealkylation sites (N-methyl/N-ethyl adjacent to an activating group) is 1. The van der Waals surface area contributed by atoms with Gasteiger partial charge in [-0.15, -0.1) is 0 Å². The molecule has 1 aromatic rings. The number of carboxylic acids is 1. The summed E-state index contributed by atoms with van der Waals surface area (Å²) in [4.78, 5) is 24.2. The lowest BCUT2D eigenvalue weighted by atomic mass is 10.2. The number of hydrogen-bond donors (Lipinski definition) is 2. The summed E-state index contributed by atoms with van der Waals surface area (Å²) in [6.45, 7) is 0.531. The van der Waals surface area contributed by atoms with Gasteiger partial charge in [0.1, 0.15) is 11.3 Å². The van der Waals surface area contributed by atoms with Crippen LogP contribution >= 0.6 is 0 Å². The maximum absolute atomic E-state index is 11.6. The summed E-state index contributed by atoms with van der Waals surface area (Å²) in [5.74, 6) is -0.692. The maximum Gasteiger partial charge on any atom is 0.339 e. The molecule has 2 rings (SSSR count). The zero-order chi connectivity index (χ0) is 13.1. The van der Waals surface area contributed by atoms with E-state index in [2.05, 4.69) is 5.32 Å². The van der Waals surface area contributed by atoms with Crippen molar-refractivity contribution in [2.45, 2.75) is 25.4 Å². The van der Waals surface area contributed by atoms with E-state index in [1.54, 1.807) is 11.9 Å². The summed E-state index contributed by atoms with van der Waals surface area (Å²) in [7, 11) is 1.75. The Balaban J connectivity index is 1.85. The molecule has 1 aliphatic rings. The third-order valence-electron chi connectivity index (χ3n) is 2.75. The van der Waals surface area contributed by atoms with Gasteiger partial charge in [-0.3, -0.25) is 9.69 Å². The predicted molar refractivity (Wildman–Crippen MR) is 63.2 cm³/mol. The van der Waals surface area contributed by atoms with Crippen LogP contribution in [0, 0.1) is 0 Å². The first-order valence-electron chi connectivity index (χ1n) is 5.84. The quantitative estimate of drug-likeness (QED) is 0.778. The van der Waals surface area contributed by atoms with Gasteiger partial charge in [0.2, 0.25) is 5.91 Å². The van der Waals surface area contributed by atoms with E-state index in [4.69, 9.17) is 9.52 Å². The molecule has 0 aromatic carbocycles. The molecule has 0 aliphatic heterocycles. The lowest BCUT2D eigenvalue weighted by molar-refractivity contribution is -0.122. The molecule has 1 amide bonds. The fourth-order valence-electron chi connectivity index (χ4n) is 1.70. The number of nitrogens with one attached hydrogen (secondary N) is 1. The molecule has 0 unspecified atom stereocenters. The van der Waals surface area contributed by atoms with E-state index < -0.39 is 5.97 Å². The molecule has 0 bridgehead atoms. The third-order valence-corrected chi connectivity index (χ3v) is 2.75. The van der Waals surface area contributed by atoms with Crippen LogP contribution in [0.2, 0.25) is 0 Å². The second-order valence-corrected chi connectivity index (χ2v) is 4.58. The van der Waals surface area contributed by atoms with E-state index >= 15 is 0 Å². The van der Waals surface area contributed by atoms with Crippen molar-refractivity contribution >= 4 is 11.9 Å². The number of aromatic carboxylic acids is 1. The zero-order valence-electron chi connectivity index (χ0n) is 10.2. The maximum atomic E-state index is 11.6. The van der Waals surface area contributed by atoms with Crippen molar-refractivity contribution < 1.29 is 19.1 Å². The van der Waals surface area contributed by atoms with Crippen LogP contribution in [-0.4, -0.2) is 41.5 Å². The standard InChI is InChI=1S/C12H16N2O4/c1-14(7-11(15)13-8-2-3-8)6-10-9(12(16)17)4-5-18-10/h4-5,8H,2-3,6-7H2,1H3,(H,13,15)(H,16,17). The summed E-state index contributed by atoms with van der Waals surface area (Å²) in [6, 6.07) is 1.75. The lowest BCUT2D eigenvalue weighted by Gasteiger charge is -2.15. The Morgan fingerprint density at radius 3 is 2.89 bits per heavy atom. The number of carbonyl (C=O) groups is 2. The molecule has 2 N–H and O–H groups in total. The topological polar surface area (TPSA) is 82.8 Å². The van der Waals surface area contributed by atoms with Gasteiger partial charge in [0.15, 0.2) is 0 Å². The fraction of sp³-hybridized carbons (Fsp3) is 0.500. The first kappa shape index (κ1) is 12.6. The summed E-state index contributed by atoms with van der Waals surface area (Å²) < 4.78 is 5.12. The second-order valence-electron chi connectivity index (χ2n) is 4.58. The number of hydrogen-bond acceptors (Lipinski definition) is 4. The minimum absolute atomic E-state index is 0.0385. The van der Waals surface area contributed by atoms with Gasteiger partial charge in [0, 0.05) is 6.04 Å². The minimum atomic E-state index is -1.02. The fourth-order valence-corrected chi connectivity index (χ4v) is 1.70. The van der Waals surface area contributed by atoms with Crippen LogP contribution in [0.25, 0.3) is 0 Å². The molecule has 0 saturated heterocycles. The van der Waals surface area contributed by atoms with Crippen molar-refractivity contribution in [3.8, 4) is 0 Å². The highest BCUT2D eigenvalue weighted by atomic mass is 16.4. The Morgan fingerprint density at radius 2 is 2.28 bits per heavy atom. The average Bonchev–Trinajstić information content (AvgIpc) is 2.94. The Labute approximate surface area is 105 Å². The molecule has 98 valence electrons. The van der Waals surface area contributed by atoms with Gasteiger partial charge in [-0.1, -0.05) is 0 Å². The van der Waals surface area contributed by atoms with Crippen LogP contribution in [-0.2, 0) is 11.3 Å². The van der Waals surface area contributed by atoms with Crippen molar-refractivity contribution in [2.24, 2.45) is 0 Å². The monoisotopic (exact) mass is 252 g/mol. The van der Waals surface area contributed by atoms with Crippen molar-refractivity contribution in [3.63, 3.8) is 0 Å². The minimum Gasteiger partial charge on any atom is -0.478 e. The van der Waals surface area contributed by atoms with E-state index in [0.29, 0.717) is 18.3 Å². The summed E-state index contributed by atoms with van der Waals surface area (Å²) in [5.41, 5.74) is 0.143. The number of nitrogens with zero attached hydrogens (tertiary/aromatic N) is 1. The Morgan fingerprint density at radius 1 is 1.56 bits per heavy atom. The molecular weight excluding hydrogens is 236 g/mol. The van der Waals surface area contributed by atoms with Crippen molar-refractivity contribution in [1.82, 2.24) is 10.2 Å². The zero-order valence-corrected chi connectivity index (χ0v) is 10.2. The largest absolute Gasteiger partial charge is 0.478 e. The molecule has 0 spiro atoms. The van der Waals surface area contributed by atoms with Crippen LogP contribution in [0.4, 0.5) is 0 Å². The Bertz CT molecular complexity index is 451. The van der Waals surface area contributed by atoms with Crippen LogP contribution in [0.1, 0.15) is 29.0 Å². The number of carbonyl (C=O) groups excluding carboxylic acids is 1. The van der Waals surface area contributed by atoms with Crippen molar-refractivity contribution in [1.29, 1.82) is 0 Å². The highest BCUT2D eigenvalue weighted by molar-refractivity contribution is 5.88. The molecular formula is C12H16N2O4. The predicted octanol–water partition coefficient (Wildman–Crippen LogP) is 0.688. The lowest BCUT2D eigenvalue weighted by Crippen LogP contribution is -2.36. The van der Waals surface area contributed by atoms with Gasteiger partial charge in [-0.25, -0.2) is 4.79 Å². The molecule has 18 heavy (non-hydrogen) atoms. The molecule has 6 nitrogen and oxygen atoms in total. The highest BCUT2D eigenvalue weighted by Crippen LogP contribution is 2.18. The smallest absolute Gasteiger partial charge is 0.339 e. The van der Waals surface area contributed by atoms with Gasteiger partial charge in [-0.05, 0) is 26.0 Å². The third kappa shape index (κ3) is 3.33. The van der Waals surface area contributed by atoms with Crippen LogP contribution < -0.4 is 5.32 Å². The molecule has 6 heteroatoms. The van der Waals surface area contributed by atoms with Crippen molar-refractivity contribution in [2.75, 3.05) is 13.6 Å². The van der Waals surface area contributed by atoms with Gasteiger partial charge < -0.3 is 14.8 Å². The van der Waals surface area contributed by atoms with Gasteiger partial charge in [-0.2, -0.15) is 0 Å². The molecule has 1 aliphatic carbocycles. The SMILES string of the molecule is CN(CC(=O)NC1CC1)Cc1occc1C(=O)O. The molecule has 1 aromatic heterocycles. The second kappa shape index (κ2) is 5.22. The van der Waals surface area contributed by atoms with Gasteiger partial charge >= 0.3 is 5.97 Å². The van der Waals surface area contributed by atoms with Crippen LogP contribution in [0.3, 0.4) is 0 Å². The summed E-state index contributed by atoms with van der Waals surface area (Å²) >= 11 is 0.